The summed E-state index contributed by atoms with van der Waals surface area (Å²) in [5.41, 5.74) is 0. The molecule has 0 spiro atoms. The summed E-state index contributed by atoms with van der Waals surface area (Å²) < 4.78 is 0. The summed E-state index contributed by atoms with van der Waals surface area (Å²) in [7, 11) is 0. The number of carbonyl (C=O) groups is 2. The van der Waals surface area contributed by atoms with Crippen molar-refractivity contribution in [1.82, 2.24) is 4.90 Å². The number of carboxylic acids is 1. The molecule has 3 atom stereocenters. The fraction of sp³-hybridized carbons (Fsp3) is 0.846. The van der Waals surface area contributed by atoms with Crippen molar-refractivity contribution in [2.24, 2.45) is 11.8 Å². The zero-order valence-electron chi connectivity index (χ0n) is 10.6. The average Bonchev–Trinajstić information content (AvgIpc) is 2.69. The fourth-order valence-electron chi connectivity index (χ4n) is 3.55. The Kier molecular flexibility index (Phi) is 3.40. The van der Waals surface area contributed by atoms with Gasteiger partial charge in [-0.3, -0.25) is 9.59 Å². The van der Waals surface area contributed by atoms with Crippen LogP contribution in [0.25, 0.3) is 0 Å². The zero-order valence-corrected chi connectivity index (χ0v) is 10.6. The number of likely N-dealkylation sites (tertiary alicyclic amines) is 1. The average molecular weight is 239 g/mol. The van der Waals surface area contributed by atoms with E-state index in [0.717, 1.165) is 25.7 Å². The van der Waals surface area contributed by atoms with Gasteiger partial charge in [-0.05, 0) is 25.7 Å². The van der Waals surface area contributed by atoms with Crippen molar-refractivity contribution in [3.8, 4) is 0 Å². The highest BCUT2D eigenvalue weighted by Crippen LogP contribution is 2.35. The van der Waals surface area contributed by atoms with E-state index in [9.17, 15) is 14.7 Å². The van der Waals surface area contributed by atoms with Crippen molar-refractivity contribution < 1.29 is 14.7 Å². The van der Waals surface area contributed by atoms with Crippen LogP contribution in [0.5, 0.6) is 0 Å². The van der Waals surface area contributed by atoms with Gasteiger partial charge in [0, 0.05) is 18.5 Å². The Balaban J connectivity index is 2.19. The molecule has 1 amide bonds. The molecule has 0 aromatic heterocycles. The van der Waals surface area contributed by atoms with E-state index in [1.165, 1.54) is 0 Å². The summed E-state index contributed by atoms with van der Waals surface area (Å²) in [5, 5.41) is 9.29. The molecule has 0 radical (unpaired) electrons. The quantitative estimate of drug-likeness (QED) is 0.800. The molecular formula is C13H21NO3. The molecule has 2 fully saturated rings. The van der Waals surface area contributed by atoms with Crippen LogP contribution < -0.4 is 0 Å². The first-order chi connectivity index (χ1) is 8.02. The second-order valence-electron chi connectivity index (χ2n) is 5.53. The lowest BCUT2D eigenvalue weighted by Gasteiger charge is -2.44. The summed E-state index contributed by atoms with van der Waals surface area (Å²) in [4.78, 5) is 25.3. The Hall–Kier alpha value is -1.06. The topological polar surface area (TPSA) is 57.6 Å². The number of hydrogen-bond acceptors (Lipinski definition) is 2. The number of rotatable bonds is 2. The minimum Gasteiger partial charge on any atom is -0.481 e. The van der Waals surface area contributed by atoms with Gasteiger partial charge in [-0.25, -0.2) is 0 Å². The largest absolute Gasteiger partial charge is 0.481 e. The molecule has 0 aromatic rings. The van der Waals surface area contributed by atoms with Crippen LogP contribution in [0.1, 0.15) is 46.0 Å². The van der Waals surface area contributed by atoms with Crippen molar-refractivity contribution in [2.45, 2.75) is 58.0 Å². The highest BCUT2D eigenvalue weighted by molar-refractivity contribution is 5.82. The molecule has 1 aliphatic carbocycles. The smallest absolute Gasteiger partial charge is 0.308 e. The Labute approximate surface area is 102 Å². The number of carbonyl (C=O) groups excluding carboxylic acids is 1. The molecule has 2 rings (SSSR count). The van der Waals surface area contributed by atoms with Gasteiger partial charge >= 0.3 is 5.97 Å². The Bertz CT molecular complexity index is 323. The van der Waals surface area contributed by atoms with Crippen LogP contribution in [0.4, 0.5) is 0 Å². The molecule has 1 aliphatic heterocycles. The highest BCUT2D eigenvalue weighted by atomic mass is 16.4. The van der Waals surface area contributed by atoms with E-state index in [4.69, 9.17) is 0 Å². The van der Waals surface area contributed by atoms with Gasteiger partial charge in [-0.1, -0.05) is 19.8 Å². The normalized spacial score (nSPS) is 35.3. The van der Waals surface area contributed by atoms with Crippen molar-refractivity contribution in [1.29, 1.82) is 0 Å². The minimum atomic E-state index is -0.763. The van der Waals surface area contributed by atoms with Gasteiger partial charge in [0.2, 0.25) is 5.91 Å². The maximum Gasteiger partial charge on any atom is 0.308 e. The number of piperidine rings is 1. The standard InChI is InChI=1S/C13H21NO3/c1-8-7-11(15)14(10-5-3-4-6-10)9(2)12(8)13(16)17/h8-10,12H,3-7H2,1-2H3,(H,16,17). The molecule has 1 N–H and O–H groups in total. The summed E-state index contributed by atoms with van der Waals surface area (Å²) in [5.74, 6) is -1.07. The lowest BCUT2D eigenvalue weighted by atomic mass is 9.80. The van der Waals surface area contributed by atoms with Gasteiger partial charge < -0.3 is 10.0 Å². The third-order valence-corrected chi connectivity index (χ3v) is 4.36. The number of nitrogens with zero attached hydrogens (tertiary/aromatic N) is 1. The molecule has 1 saturated heterocycles. The Morgan fingerprint density at radius 2 is 1.88 bits per heavy atom. The van der Waals surface area contributed by atoms with Crippen LogP contribution in [-0.2, 0) is 9.59 Å². The van der Waals surface area contributed by atoms with Crippen molar-refractivity contribution >= 4 is 11.9 Å². The van der Waals surface area contributed by atoms with E-state index in [1.807, 2.05) is 18.7 Å². The zero-order chi connectivity index (χ0) is 12.6. The number of amides is 1. The maximum absolute atomic E-state index is 12.1. The number of aliphatic carboxylic acids is 1. The predicted octanol–water partition coefficient (Wildman–Crippen LogP) is 1.89. The van der Waals surface area contributed by atoms with Crippen LogP contribution in [0.2, 0.25) is 0 Å². The minimum absolute atomic E-state index is 0.0485. The van der Waals surface area contributed by atoms with Crippen molar-refractivity contribution in [2.75, 3.05) is 0 Å². The van der Waals surface area contributed by atoms with Crippen LogP contribution in [-0.4, -0.2) is 34.0 Å². The monoisotopic (exact) mass is 239 g/mol. The second-order valence-corrected chi connectivity index (χ2v) is 5.53. The van der Waals surface area contributed by atoms with Crippen molar-refractivity contribution in [3.63, 3.8) is 0 Å². The third-order valence-electron chi connectivity index (χ3n) is 4.36. The van der Waals surface area contributed by atoms with E-state index in [-0.39, 0.29) is 23.9 Å². The first-order valence-electron chi connectivity index (χ1n) is 6.56. The van der Waals surface area contributed by atoms with Crippen LogP contribution in [0.3, 0.4) is 0 Å². The van der Waals surface area contributed by atoms with Gasteiger partial charge in [0.15, 0.2) is 0 Å². The number of carboxylic acid groups (broad SMARTS) is 1. The summed E-state index contributed by atoms with van der Waals surface area (Å²) in [6.45, 7) is 3.77. The summed E-state index contributed by atoms with van der Waals surface area (Å²) in [6, 6.07) is 0.124. The molecule has 4 nitrogen and oxygen atoms in total. The van der Waals surface area contributed by atoms with E-state index in [0.29, 0.717) is 6.42 Å². The van der Waals surface area contributed by atoms with Crippen LogP contribution in [0, 0.1) is 11.8 Å². The van der Waals surface area contributed by atoms with E-state index < -0.39 is 11.9 Å². The summed E-state index contributed by atoms with van der Waals surface area (Å²) in [6.07, 6.45) is 4.79. The molecule has 17 heavy (non-hydrogen) atoms. The molecule has 2 aliphatic rings. The van der Waals surface area contributed by atoms with E-state index in [2.05, 4.69) is 0 Å². The Morgan fingerprint density at radius 3 is 2.41 bits per heavy atom. The SMILES string of the molecule is CC1CC(=O)N(C2CCCC2)C(C)C1C(=O)O. The molecule has 4 heteroatoms. The van der Waals surface area contributed by atoms with Crippen LogP contribution >= 0.6 is 0 Å². The summed E-state index contributed by atoms with van der Waals surface area (Å²) >= 11 is 0. The van der Waals surface area contributed by atoms with Crippen LogP contribution in [0.15, 0.2) is 0 Å². The first kappa shape index (κ1) is 12.4. The molecule has 1 heterocycles. The second kappa shape index (κ2) is 4.67. The van der Waals surface area contributed by atoms with E-state index >= 15 is 0 Å². The first-order valence-corrected chi connectivity index (χ1v) is 6.56. The van der Waals surface area contributed by atoms with Gasteiger partial charge in [0.25, 0.3) is 0 Å². The third kappa shape index (κ3) is 2.17. The molecule has 0 aromatic carbocycles. The molecule has 1 saturated carbocycles. The van der Waals surface area contributed by atoms with Gasteiger partial charge in [0.05, 0.1) is 5.92 Å². The van der Waals surface area contributed by atoms with Gasteiger partial charge in [-0.15, -0.1) is 0 Å². The molecule has 0 bridgehead atoms. The predicted molar refractivity (Wildman–Crippen MR) is 63.5 cm³/mol. The number of hydrogen-bond donors (Lipinski definition) is 1. The van der Waals surface area contributed by atoms with Crippen molar-refractivity contribution in [3.05, 3.63) is 0 Å². The maximum atomic E-state index is 12.1. The lowest BCUT2D eigenvalue weighted by Crippen LogP contribution is -2.55. The highest BCUT2D eigenvalue weighted by Gasteiger charge is 2.44. The lowest BCUT2D eigenvalue weighted by molar-refractivity contribution is -0.156. The van der Waals surface area contributed by atoms with Gasteiger partial charge in [-0.2, -0.15) is 0 Å². The molecule has 96 valence electrons. The molecule has 3 unspecified atom stereocenters. The fourth-order valence-corrected chi connectivity index (χ4v) is 3.55. The molecular weight excluding hydrogens is 218 g/mol. The van der Waals surface area contributed by atoms with Gasteiger partial charge in [0.1, 0.15) is 0 Å². The van der Waals surface area contributed by atoms with E-state index in [1.54, 1.807) is 0 Å². The Morgan fingerprint density at radius 1 is 1.29 bits per heavy atom.